The van der Waals surface area contributed by atoms with Crippen LogP contribution in [0.2, 0.25) is 0 Å². The Labute approximate surface area is 357 Å². The minimum Gasteiger partial charge on any atom is -0.344 e. The van der Waals surface area contributed by atoms with Crippen molar-refractivity contribution in [2.24, 2.45) is 9.98 Å². The second-order valence-electron chi connectivity index (χ2n) is 16.3. The standard InChI is InChI=1S/C57H37N5/c1-3-15-36(16-4-1)55-58-56(42-27-28-51-47(32-42)46-25-13-14-26-50(46)61(51)44-22-5-2-6-23-44)60-57(59-55)43-29-41-21-11-12-24-45(41)52(35-43)62-53-33-39-19-9-7-17-37(39)30-48(53)49-31-38-18-8-10-20-40(38)34-54(49)62/h1-35,56H,(H,58,59,60). The third-order valence-electron chi connectivity index (χ3n) is 12.7. The van der Waals surface area contributed by atoms with Gasteiger partial charge >= 0.3 is 0 Å². The number of aliphatic imine (C=N–C) groups is 2. The van der Waals surface area contributed by atoms with Crippen molar-refractivity contribution < 1.29 is 0 Å². The van der Waals surface area contributed by atoms with Crippen molar-refractivity contribution in [3.05, 3.63) is 229 Å². The summed E-state index contributed by atoms with van der Waals surface area (Å²) >= 11 is 0. The quantitative estimate of drug-likeness (QED) is 0.185. The van der Waals surface area contributed by atoms with Gasteiger partial charge in [-0.05, 0) is 99.2 Å². The lowest BCUT2D eigenvalue weighted by Crippen LogP contribution is -2.33. The molecule has 1 N–H and O–H groups in total. The zero-order chi connectivity index (χ0) is 40.7. The number of hydrogen-bond acceptors (Lipinski definition) is 3. The first-order chi connectivity index (χ1) is 30.7. The number of benzene rings is 10. The molecule has 290 valence electrons. The Balaban J connectivity index is 1.02. The molecule has 3 heterocycles. The van der Waals surface area contributed by atoms with Gasteiger partial charge in [0, 0.05) is 43.7 Å². The zero-order valence-corrected chi connectivity index (χ0v) is 33.6. The molecule has 0 saturated heterocycles. The number of nitrogens with zero attached hydrogens (tertiary/aromatic N) is 4. The van der Waals surface area contributed by atoms with E-state index in [1.165, 1.54) is 65.0 Å². The number of amidine groups is 2. The molecule has 1 aliphatic rings. The maximum Gasteiger partial charge on any atom is 0.159 e. The molecule has 0 aliphatic carbocycles. The van der Waals surface area contributed by atoms with E-state index in [0.29, 0.717) is 5.84 Å². The summed E-state index contributed by atoms with van der Waals surface area (Å²) in [5.74, 6) is 1.47. The molecule has 1 atom stereocenters. The maximum absolute atomic E-state index is 5.33. The molecule has 0 fully saturated rings. The Morgan fingerprint density at radius 3 is 1.61 bits per heavy atom. The van der Waals surface area contributed by atoms with Crippen LogP contribution in [0.15, 0.2) is 222 Å². The zero-order valence-electron chi connectivity index (χ0n) is 33.6. The second-order valence-corrected chi connectivity index (χ2v) is 16.3. The molecular weight excluding hydrogens is 755 g/mol. The van der Waals surface area contributed by atoms with Gasteiger partial charge in [-0.3, -0.25) is 0 Å². The fraction of sp³-hybridized carbons (Fsp3) is 0.0175. The van der Waals surface area contributed by atoms with E-state index in [4.69, 9.17) is 9.98 Å². The number of hydrogen-bond donors (Lipinski definition) is 1. The topological polar surface area (TPSA) is 46.6 Å². The van der Waals surface area contributed by atoms with Crippen molar-refractivity contribution in [2.75, 3.05) is 0 Å². The Kier molecular flexibility index (Phi) is 7.60. The van der Waals surface area contributed by atoms with E-state index in [1.807, 2.05) is 6.07 Å². The van der Waals surface area contributed by atoms with Crippen molar-refractivity contribution >= 4 is 87.6 Å². The second kappa shape index (κ2) is 13.6. The van der Waals surface area contributed by atoms with Crippen LogP contribution in [0.4, 0.5) is 0 Å². The van der Waals surface area contributed by atoms with Gasteiger partial charge in [-0.15, -0.1) is 0 Å². The van der Waals surface area contributed by atoms with Gasteiger partial charge in [0.2, 0.25) is 0 Å². The molecule has 0 saturated carbocycles. The summed E-state index contributed by atoms with van der Waals surface area (Å²) in [4.78, 5) is 10.7. The lowest BCUT2D eigenvalue weighted by atomic mass is 10.0. The summed E-state index contributed by atoms with van der Waals surface area (Å²) in [6.07, 6.45) is -0.387. The van der Waals surface area contributed by atoms with E-state index in [2.05, 4.69) is 221 Å². The monoisotopic (exact) mass is 791 g/mol. The third kappa shape index (κ3) is 5.42. The van der Waals surface area contributed by atoms with Crippen molar-refractivity contribution in [3.8, 4) is 11.4 Å². The van der Waals surface area contributed by atoms with E-state index in [9.17, 15) is 0 Å². The first-order valence-electron chi connectivity index (χ1n) is 21.2. The van der Waals surface area contributed by atoms with Crippen LogP contribution in [0.5, 0.6) is 0 Å². The molecule has 5 nitrogen and oxygen atoms in total. The highest BCUT2D eigenvalue weighted by atomic mass is 15.2. The number of aromatic nitrogens is 2. The summed E-state index contributed by atoms with van der Waals surface area (Å²) < 4.78 is 4.82. The fourth-order valence-electron chi connectivity index (χ4n) is 9.76. The molecule has 5 heteroatoms. The van der Waals surface area contributed by atoms with E-state index in [1.54, 1.807) is 0 Å². The number of rotatable bonds is 5. The van der Waals surface area contributed by atoms with Crippen molar-refractivity contribution in [1.82, 2.24) is 14.5 Å². The Morgan fingerprint density at radius 1 is 0.371 bits per heavy atom. The molecular formula is C57H37N5. The first kappa shape index (κ1) is 34.6. The van der Waals surface area contributed by atoms with E-state index in [0.717, 1.165) is 44.8 Å². The number of para-hydroxylation sites is 2. The predicted molar refractivity (Wildman–Crippen MR) is 259 cm³/mol. The number of nitrogens with one attached hydrogen (secondary N) is 1. The lowest BCUT2D eigenvalue weighted by molar-refractivity contribution is 0.675. The summed E-state index contributed by atoms with van der Waals surface area (Å²) in [6, 6.07) is 76.4. The largest absolute Gasteiger partial charge is 0.344 e. The first-order valence-corrected chi connectivity index (χ1v) is 21.2. The van der Waals surface area contributed by atoms with Crippen molar-refractivity contribution in [3.63, 3.8) is 0 Å². The van der Waals surface area contributed by atoms with Gasteiger partial charge in [-0.2, -0.15) is 0 Å². The van der Waals surface area contributed by atoms with Crippen LogP contribution in [-0.2, 0) is 0 Å². The van der Waals surface area contributed by atoms with Crippen molar-refractivity contribution in [1.29, 1.82) is 0 Å². The Bertz CT molecular complexity index is 3740. The van der Waals surface area contributed by atoms with Crippen LogP contribution < -0.4 is 5.32 Å². The molecule has 0 spiro atoms. The molecule has 0 amide bonds. The van der Waals surface area contributed by atoms with E-state index < -0.39 is 0 Å². The molecule has 2 aromatic heterocycles. The fourth-order valence-corrected chi connectivity index (χ4v) is 9.76. The normalized spacial score (nSPS) is 14.3. The minimum atomic E-state index is -0.387. The lowest BCUT2D eigenvalue weighted by Gasteiger charge is -2.25. The average Bonchev–Trinajstić information content (AvgIpc) is 3.83. The highest BCUT2D eigenvalue weighted by molar-refractivity contribution is 6.19. The molecule has 0 bridgehead atoms. The summed E-state index contributed by atoms with van der Waals surface area (Å²) in [6.45, 7) is 0. The Hall–Kier alpha value is -8.28. The van der Waals surface area contributed by atoms with Crippen LogP contribution >= 0.6 is 0 Å². The van der Waals surface area contributed by atoms with Gasteiger partial charge in [-0.25, -0.2) is 9.98 Å². The molecule has 13 rings (SSSR count). The molecule has 12 aromatic rings. The van der Waals surface area contributed by atoms with Gasteiger partial charge in [0.25, 0.3) is 0 Å². The summed E-state index contributed by atoms with van der Waals surface area (Å²) in [7, 11) is 0. The maximum atomic E-state index is 5.33. The molecule has 1 aliphatic heterocycles. The van der Waals surface area contributed by atoms with Crippen LogP contribution in [-0.4, -0.2) is 20.8 Å². The summed E-state index contributed by atoms with van der Waals surface area (Å²) in [5, 5.41) is 15.9. The molecule has 1 unspecified atom stereocenters. The SMILES string of the molecule is c1ccc(C2=NC(c3ccc4c(c3)c3ccccc3n4-c3ccccc3)NC(c3cc(-n4c5cc6ccccc6cc5c5cc6ccccc6cc54)c4ccccc4c3)=N2)cc1. The van der Waals surface area contributed by atoms with Gasteiger partial charge in [-0.1, -0.05) is 146 Å². The third-order valence-corrected chi connectivity index (χ3v) is 12.7. The van der Waals surface area contributed by atoms with Crippen LogP contribution in [0.3, 0.4) is 0 Å². The summed E-state index contributed by atoms with van der Waals surface area (Å²) in [5.41, 5.74) is 9.94. The molecule has 62 heavy (non-hydrogen) atoms. The Morgan fingerprint density at radius 2 is 0.919 bits per heavy atom. The highest BCUT2D eigenvalue weighted by Crippen LogP contribution is 2.40. The van der Waals surface area contributed by atoms with Gasteiger partial charge in [0.15, 0.2) is 5.84 Å². The van der Waals surface area contributed by atoms with Gasteiger partial charge < -0.3 is 14.5 Å². The highest BCUT2D eigenvalue weighted by Gasteiger charge is 2.25. The van der Waals surface area contributed by atoms with Crippen LogP contribution in [0.25, 0.3) is 87.3 Å². The molecule has 0 radical (unpaired) electrons. The smallest absolute Gasteiger partial charge is 0.159 e. The van der Waals surface area contributed by atoms with Crippen molar-refractivity contribution in [2.45, 2.75) is 6.17 Å². The van der Waals surface area contributed by atoms with Gasteiger partial charge in [0.1, 0.15) is 12.0 Å². The predicted octanol–water partition coefficient (Wildman–Crippen LogP) is 13.8. The van der Waals surface area contributed by atoms with E-state index in [-0.39, 0.29) is 6.17 Å². The van der Waals surface area contributed by atoms with Crippen LogP contribution in [0, 0.1) is 0 Å². The minimum absolute atomic E-state index is 0.387. The van der Waals surface area contributed by atoms with Gasteiger partial charge in [0.05, 0.1) is 27.8 Å². The molecule has 10 aromatic carbocycles. The van der Waals surface area contributed by atoms with Crippen LogP contribution in [0.1, 0.15) is 22.9 Å². The number of fused-ring (bicyclic) bond motifs is 9. The average molecular weight is 792 g/mol. The van der Waals surface area contributed by atoms with E-state index >= 15 is 0 Å².